The first-order chi connectivity index (χ1) is 19.5. The summed E-state index contributed by atoms with van der Waals surface area (Å²) in [5.74, 6) is 0.725. The van der Waals surface area contributed by atoms with Crippen molar-refractivity contribution in [1.82, 2.24) is 10.9 Å². The van der Waals surface area contributed by atoms with Crippen molar-refractivity contribution in [1.29, 1.82) is 0 Å². The number of benzene rings is 3. The quantitative estimate of drug-likeness (QED) is 0.0921. The third-order valence-corrected chi connectivity index (χ3v) is 6.63. The van der Waals surface area contributed by atoms with Crippen LogP contribution in [0.2, 0.25) is 0 Å². The van der Waals surface area contributed by atoms with Crippen molar-refractivity contribution in [3.8, 4) is 5.75 Å². The monoisotopic (exact) mass is 542 g/mol. The Balaban J connectivity index is 1.52. The molecule has 10 heteroatoms. The average molecular weight is 543 g/mol. The Kier molecular flexibility index (Phi) is 10.1. The molecular formula is C30H34N6O4. The lowest BCUT2D eigenvalue weighted by Crippen LogP contribution is -2.53. The molecule has 1 amide bonds. The highest BCUT2D eigenvalue weighted by molar-refractivity contribution is 6.00. The summed E-state index contributed by atoms with van der Waals surface area (Å²) in [7, 11) is 0. The third-order valence-electron chi connectivity index (χ3n) is 6.63. The van der Waals surface area contributed by atoms with Gasteiger partial charge < -0.3 is 14.6 Å². The van der Waals surface area contributed by atoms with Crippen LogP contribution in [0.4, 0.5) is 0 Å². The number of carbonyl (C=O) groups is 1. The van der Waals surface area contributed by atoms with Gasteiger partial charge in [0.1, 0.15) is 12.4 Å². The smallest absolute Gasteiger partial charge is 0.266 e. The maximum Gasteiger partial charge on any atom is 0.266 e. The van der Waals surface area contributed by atoms with Gasteiger partial charge in [-0.3, -0.25) is 10.2 Å². The standard InChI is InChI=1S/C30H34N6O4/c1-22-7-9-23(10-8-22)15-16-32-35-29(38)30(19-25-5-2-3-6-26(25)20-33-36-31)21-40-28(34-30)24-11-13-27(14-12-24)39-18-4-17-37/h2-3,5-14,32,37H,4,15-21H2,1H3,(H,35,38)/t30-/m0/s1. The van der Waals surface area contributed by atoms with Crippen LogP contribution in [0.1, 0.15) is 34.2 Å². The zero-order chi connectivity index (χ0) is 28.2. The fourth-order valence-electron chi connectivity index (χ4n) is 4.36. The fraction of sp³-hybridized carbons (Fsp3) is 0.333. The van der Waals surface area contributed by atoms with Gasteiger partial charge in [-0.15, -0.1) is 0 Å². The van der Waals surface area contributed by atoms with Crippen LogP contribution in [-0.4, -0.2) is 48.8 Å². The lowest BCUT2D eigenvalue weighted by Gasteiger charge is -2.24. The number of aliphatic imine (C=N–C) groups is 1. The predicted molar refractivity (Wildman–Crippen MR) is 153 cm³/mol. The van der Waals surface area contributed by atoms with Gasteiger partial charge in [-0.25, -0.2) is 10.4 Å². The summed E-state index contributed by atoms with van der Waals surface area (Å²) in [6, 6.07) is 23.1. The Labute approximate surface area is 233 Å². The fourth-order valence-corrected chi connectivity index (χ4v) is 4.36. The highest BCUT2D eigenvalue weighted by atomic mass is 16.5. The lowest BCUT2D eigenvalue weighted by molar-refractivity contribution is -0.127. The van der Waals surface area contributed by atoms with Crippen LogP contribution in [0.5, 0.6) is 5.75 Å². The second kappa shape index (κ2) is 14.1. The first kappa shape index (κ1) is 28.6. The van der Waals surface area contributed by atoms with Crippen LogP contribution < -0.4 is 15.6 Å². The first-order valence-electron chi connectivity index (χ1n) is 13.3. The van der Waals surface area contributed by atoms with E-state index in [1.165, 1.54) is 11.1 Å². The summed E-state index contributed by atoms with van der Waals surface area (Å²) in [6.07, 6.45) is 1.57. The Bertz CT molecular complexity index is 1350. The van der Waals surface area contributed by atoms with Gasteiger partial charge in [0, 0.05) is 36.5 Å². The third kappa shape index (κ3) is 7.60. The molecule has 1 heterocycles. The van der Waals surface area contributed by atoms with Crippen LogP contribution in [0.25, 0.3) is 10.4 Å². The van der Waals surface area contributed by atoms with Crippen LogP contribution in [-0.2, 0) is 28.9 Å². The van der Waals surface area contributed by atoms with E-state index in [2.05, 4.69) is 45.1 Å². The average Bonchev–Trinajstić information content (AvgIpc) is 3.41. The van der Waals surface area contributed by atoms with Crippen molar-refractivity contribution in [2.24, 2.45) is 10.1 Å². The van der Waals surface area contributed by atoms with Gasteiger partial charge in [-0.2, -0.15) is 0 Å². The minimum atomic E-state index is -1.23. The molecular weight excluding hydrogens is 508 g/mol. The van der Waals surface area contributed by atoms with Gasteiger partial charge in [-0.1, -0.05) is 59.2 Å². The van der Waals surface area contributed by atoms with Gasteiger partial charge in [-0.05, 0) is 59.8 Å². The number of hydrogen-bond donors (Lipinski definition) is 3. The number of nitrogens with one attached hydrogen (secondary N) is 2. The summed E-state index contributed by atoms with van der Waals surface area (Å²) in [5.41, 5.74) is 18.3. The number of hydrazine groups is 1. The van der Waals surface area contributed by atoms with E-state index in [1.807, 2.05) is 43.3 Å². The van der Waals surface area contributed by atoms with Crippen LogP contribution in [0.3, 0.4) is 0 Å². The predicted octanol–water partition coefficient (Wildman–Crippen LogP) is 4.19. The maximum atomic E-state index is 13.6. The molecule has 0 saturated heterocycles. The van der Waals surface area contributed by atoms with Crippen molar-refractivity contribution in [3.63, 3.8) is 0 Å². The molecule has 1 atom stereocenters. The molecule has 0 bridgehead atoms. The molecule has 0 aliphatic carbocycles. The molecule has 0 aromatic heterocycles. The summed E-state index contributed by atoms with van der Waals surface area (Å²) in [4.78, 5) is 21.3. The van der Waals surface area contributed by atoms with Crippen molar-refractivity contribution in [3.05, 3.63) is 111 Å². The molecule has 3 N–H and O–H groups in total. The second-order valence-corrected chi connectivity index (χ2v) is 9.64. The van der Waals surface area contributed by atoms with E-state index < -0.39 is 5.54 Å². The molecule has 1 aliphatic rings. The molecule has 0 fully saturated rings. The number of azide groups is 1. The minimum Gasteiger partial charge on any atom is -0.494 e. The minimum absolute atomic E-state index is 0.0540. The van der Waals surface area contributed by atoms with Gasteiger partial charge in [0.05, 0.1) is 13.2 Å². The van der Waals surface area contributed by atoms with E-state index in [1.54, 1.807) is 12.1 Å². The molecule has 4 rings (SSSR count). The van der Waals surface area contributed by atoms with E-state index in [0.717, 1.165) is 23.1 Å². The summed E-state index contributed by atoms with van der Waals surface area (Å²) in [6.45, 7) is 3.31. The molecule has 0 spiro atoms. The number of rotatable bonds is 14. The van der Waals surface area contributed by atoms with Gasteiger partial charge in [0.15, 0.2) is 5.54 Å². The zero-order valence-corrected chi connectivity index (χ0v) is 22.5. The van der Waals surface area contributed by atoms with Gasteiger partial charge in [0.2, 0.25) is 5.90 Å². The van der Waals surface area contributed by atoms with Crippen LogP contribution in [0, 0.1) is 6.92 Å². The van der Waals surface area contributed by atoms with E-state index >= 15 is 0 Å². The normalized spacial score (nSPS) is 16.0. The maximum absolute atomic E-state index is 13.6. The number of ether oxygens (including phenoxy) is 2. The number of hydrogen-bond acceptors (Lipinski definition) is 7. The number of nitrogens with zero attached hydrogens (tertiary/aromatic N) is 4. The first-order valence-corrected chi connectivity index (χ1v) is 13.3. The van der Waals surface area contributed by atoms with Crippen molar-refractivity contribution < 1.29 is 19.4 Å². The van der Waals surface area contributed by atoms with Gasteiger partial charge in [0.25, 0.3) is 5.91 Å². The van der Waals surface area contributed by atoms with Crippen molar-refractivity contribution in [2.45, 2.75) is 38.3 Å². The Morgan fingerprint density at radius 3 is 2.60 bits per heavy atom. The Hall–Kier alpha value is -4.37. The number of aliphatic hydroxyl groups is 1. The summed E-state index contributed by atoms with van der Waals surface area (Å²) in [5, 5.41) is 12.7. The summed E-state index contributed by atoms with van der Waals surface area (Å²) >= 11 is 0. The topological polar surface area (TPSA) is 141 Å². The van der Waals surface area contributed by atoms with E-state index in [0.29, 0.717) is 31.2 Å². The van der Waals surface area contributed by atoms with E-state index in [-0.39, 0.29) is 32.1 Å². The molecule has 0 unspecified atom stereocenters. The number of aliphatic hydroxyl groups excluding tert-OH is 1. The zero-order valence-electron chi connectivity index (χ0n) is 22.5. The molecule has 0 saturated carbocycles. The number of carbonyl (C=O) groups excluding carboxylic acids is 1. The van der Waals surface area contributed by atoms with Crippen LogP contribution in [0.15, 0.2) is 82.9 Å². The van der Waals surface area contributed by atoms with Crippen molar-refractivity contribution >= 4 is 11.8 Å². The Morgan fingerprint density at radius 1 is 1.12 bits per heavy atom. The second-order valence-electron chi connectivity index (χ2n) is 9.64. The highest BCUT2D eigenvalue weighted by Crippen LogP contribution is 2.29. The molecule has 0 radical (unpaired) electrons. The molecule has 40 heavy (non-hydrogen) atoms. The SMILES string of the molecule is Cc1ccc(CCNNC(=O)[C@]2(Cc3ccccc3CN=[N+]=[N-])COC(c3ccc(OCCCO)cc3)=N2)cc1. The Morgan fingerprint density at radius 2 is 1.88 bits per heavy atom. The van der Waals surface area contributed by atoms with Crippen LogP contribution >= 0.6 is 0 Å². The largest absolute Gasteiger partial charge is 0.494 e. The molecule has 10 nitrogen and oxygen atoms in total. The van der Waals surface area contributed by atoms with Crippen molar-refractivity contribution in [2.75, 3.05) is 26.4 Å². The van der Waals surface area contributed by atoms with E-state index in [4.69, 9.17) is 25.1 Å². The van der Waals surface area contributed by atoms with Gasteiger partial charge >= 0.3 is 0 Å². The molecule has 3 aromatic rings. The molecule has 1 aliphatic heterocycles. The number of aryl methyl sites for hydroxylation is 1. The molecule has 3 aromatic carbocycles. The number of amides is 1. The van der Waals surface area contributed by atoms with E-state index in [9.17, 15) is 4.79 Å². The highest BCUT2D eigenvalue weighted by Gasteiger charge is 2.45. The summed E-state index contributed by atoms with van der Waals surface area (Å²) < 4.78 is 11.6. The lowest BCUT2D eigenvalue weighted by atomic mass is 9.89. The molecule has 208 valence electrons.